The average Bonchev–Trinajstić information content (AvgIpc) is 2.57. The Labute approximate surface area is 151 Å². The van der Waals surface area contributed by atoms with Crippen molar-refractivity contribution in [3.8, 4) is 0 Å². The number of nitrogens with zero attached hydrogens (tertiary/aromatic N) is 1. The lowest BCUT2D eigenvalue weighted by Gasteiger charge is -2.12. The number of methoxy groups -OCH3 is 1. The molecule has 0 spiro atoms. The maximum absolute atomic E-state index is 13.2. The van der Waals surface area contributed by atoms with Gasteiger partial charge in [-0.15, -0.1) is 0 Å². The Bertz CT molecular complexity index is 888. The molecule has 2 aromatic rings. The molecule has 1 amide bonds. The number of nitrogens with one attached hydrogen (secondary N) is 2. The van der Waals surface area contributed by atoms with E-state index in [-0.39, 0.29) is 23.0 Å². The van der Waals surface area contributed by atoms with Gasteiger partial charge in [-0.25, -0.2) is 13.8 Å². The fraction of sp³-hybridized carbons (Fsp3) is 0.250. The highest BCUT2D eigenvalue weighted by atomic mass is 32.2. The third-order valence-electron chi connectivity index (χ3n) is 3.17. The van der Waals surface area contributed by atoms with Crippen LogP contribution in [0.2, 0.25) is 0 Å². The van der Waals surface area contributed by atoms with Crippen LogP contribution in [0.4, 0.5) is 14.5 Å². The van der Waals surface area contributed by atoms with Crippen LogP contribution < -0.4 is 10.9 Å². The minimum absolute atomic E-state index is 0.0993. The van der Waals surface area contributed by atoms with E-state index in [0.717, 1.165) is 30.0 Å². The number of thioether (sulfide) groups is 1. The highest BCUT2D eigenvalue weighted by molar-refractivity contribution is 8.00. The van der Waals surface area contributed by atoms with Crippen molar-refractivity contribution in [3.63, 3.8) is 0 Å². The monoisotopic (exact) mass is 383 g/mol. The lowest BCUT2D eigenvalue weighted by molar-refractivity contribution is -0.139. The number of esters is 1. The zero-order chi connectivity index (χ0) is 19.3. The first-order chi connectivity index (χ1) is 12.3. The third-order valence-corrected chi connectivity index (χ3v) is 4.16. The Hall–Kier alpha value is -2.75. The van der Waals surface area contributed by atoms with Crippen molar-refractivity contribution < 1.29 is 23.1 Å². The molecule has 0 aliphatic heterocycles. The average molecular weight is 383 g/mol. The molecular formula is C16H15F2N3O4S. The largest absolute Gasteiger partial charge is 0.469 e. The van der Waals surface area contributed by atoms with E-state index in [1.165, 1.54) is 13.2 Å². The van der Waals surface area contributed by atoms with Gasteiger partial charge in [-0.2, -0.15) is 0 Å². The SMILES string of the molecule is COC(=O)Cc1cc(=O)[nH]c(S[C@@H](C)C(=O)Nc2ccc(F)c(F)c2)n1. The second-order valence-corrected chi connectivity index (χ2v) is 6.50. The standard InChI is InChI=1S/C16H15F2N3O4S/c1-8(15(24)19-9-3-4-11(17)12(18)5-9)26-16-20-10(6-13(22)21-16)7-14(23)25-2/h3-6,8H,7H2,1-2H3,(H,19,24)(H,20,21,22)/t8-/m0/s1. The molecule has 0 unspecified atom stereocenters. The van der Waals surface area contributed by atoms with Crippen LogP contribution in [0.1, 0.15) is 12.6 Å². The second kappa shape index (κ2) is 8.56. The van der Waals surface area contributed by atoms with E-state index in [9.17, 15) is 23.2 Å². The molecule has 26 heavy (non-hydrogen) atoms. The molecular weight excluding hydrogens is 368 g/mol. The van der Waals surface area contributed by atoms with E-state index in [1.807, 2.05) is 0 Å². The van der Waals surface area contributed by atoms with Crippen LogP contribution in [0.3, 0.4) is 0 Å². The number of H-pyrrole nitrogens is 1. The zero-order valence-corrected chi connectivity index (χ0v) is 14.7. The minimum atomic E-state index is -1.08. The summed E-state index contributed by atoms with van der Waals surface area (Å²) in [6.07, 6.45) is -0.177. The van der Waals surface area contributed by atoms with E-state index >= 15 is 0 Å². The van der Waals surface area contributed by atoms with E-state index < -0.39 is 34.3 Å². The number of carbonyl (C=O) groups excluding carboxylic acids is 2. The summed E-state index contributed by atoms with van der Waals surface area (Å²) in [4.78, 5) is 41.7. The number of carbonyl (C=O) groups is 2. The van der Waals surface area contributed by atoms with E-state index in [2.05, 4.69) is 20.0 Å². The Kier molecular flexibility index (Phi) is 6.45. The number of rotatable bonds is 6. The fourth-order valence-electron chi connectivity index (χ4n) is 1.89. The topological polar surface area (TPSA) is 101 Å². The predicted molar refractivity (Wildman–Crippen MR) is 90.9 cm³/mol. The summed E-state index contributed by atoms with van der Waals surface area (Å²) in [5.41, 5.74) is -0.173. The van der Waals surface area contributed by atoms with Crippen LogP contribution >= 0.6 is 11.8 Å². The van der Waals surface area contributed by atoms with Crippen LogP contribution in [-0.4, -0.2) is 34.2 Å². The normalized spacial score (nSPS) is 11.7. The van der Waals surface area contributed by atoms with Crippen LogP contribution in [-0.2, 0) is 20.7 Å². The van der Waals surface area contributed by atoms with Gasteiger partial charge >= 0.3 is 5.97 Å². The Morgan fingerprint density at radius 2 is 2.04 bits per heavy atom. The van der Waals surface area contributed by atoms with Crippen LogP contribution in [0, 0.1) is 11.6 Å². The molecule has 7 nitrogen and oxygen atoms in total. The van der Waals surface area contributed by atoms with Crippen LogP contribution in [0.25, 0.3) is 0 Å². The van der Waals surface area contributed by atoms with E-state index in [4.69, 9.17) is 0 Å². The maximum atomic E-state index is 13.2. The maximum Gasteiger partial charge on any atom is 0.311 e. The van der Waals surface area contributed by atoms with Crippen LogP contribution in [0.15, 0.2) is 34.2 Å². The molecule has 0 fully saturated rings. The molecule has 2 N–H and O–H groups in total. The molecule has 1 aromatic carbocycles. The molecule has 138 valence electrons. The Morgan fingerprint density at radius 3 is 2.69 bits per heavy atom. The molecule has 1 heterocycles. The van der Waals surface area contributed by atoms with Crippen LogP contribution in [0.5, 0.6) is 0 Å². The number of hydrogen-bond acceptors (Lipinski definition) is 6. The first-order valence-corrected chi connectivity index (χ1v) is 8.26. The molecule has 1 aromatic heterocycles. The highest BCUT2D eigenvalue weighted by Crippen LogP contribution is 2.21. The number of aromatic nitrogens is 2. The Balaban J connectivity index is 2.07. The van der Waals surface area contributed by atoms with Gasteiger partial charge in [-0.1, -0.05) is 11.8 Å². The predicted octanol–water partition coefficient (Wildman–Crippen LogP) is 1.88. The van der Waals surface area contributed by atoms with Gasteiger partial charge in [0.2, 0.25) is 5.91 Å². The number of hydrogen-bond donors (Lipinski definition) is 2. The van der Waals surface area contributed by atoms with Gasteiger partial charge in [0.05, 0.1) is 24.5 Å². The van der Waals surface area contributed by atoms with Crippen molar-refractivity contribution in [1.82, 2.24) is 9.97 Å². The van der Waals surface area contributed by atoms with E-state index in [1.54, 1.807) is 6.92 Å². The van der Waals surface area contributed by atoms with Gasteiger partial charge in [-0.05, 0) is 19.1 Å². The first kappa shape index (κ1) is 19.6. The first-order valence-electron chi connectivity index (χ1n) is 7.38. The molecule has 10 heteroatoms. The van der Waals surface area contributed by atoms with Gasteiger partial charge in [0.25, 0.3) is 5.56 Å². The van der Waals surface area contributed by atoms with Gasteiger partial charge in [0, 0.05) is 17.8 Å². The number of halogens is 2. The molecule has 0 bridgehead atoms. The Morgan fingerprint density at radius 1 is 1.31 bits per heavy atom. The van der Waals surface area contributed by atoms with E-state index in [0.29, 0.717) is 0 Å². The van der Waals surface area contributed by atoms with Gasteiger partial charge in [0.15, 0.2) is 16.8 Å². The molecule has 0 aliphatic carbocycles. The number of aromatic amines is 1. The van der Waals surface area contributed by atoms with Gasteiger partial charge in [-0.3, -0.25) is 14.4 Å². The molecule has 0 radical (unpaired) electrons. The second-order valence-electron chi connectivity index (χ2n) is 5.17. The molecule has 1 atom stereocenters. The van der Waals surface area contributed by atoms with Gasteiger partial charge in [0.1, 0.15) is 0 Å². The van der Waals surface area contributed by atoms with Crippen molar-refractivity contribution in [2.45, 2.75) is 23.8 Å². The summed E-state index contributed by atoms with van der Waals surface area (Å²) in [5.74, 6) is -3.15. The zero-order valence-electron chi connectivity index (χ0n) is 13.8. The summed E-state index contributed by atoms with van der Waals surface area (Å²) < 4.78 is 30.6. The highest BCUT2D eigenvalue weighted by Gasteiger charge is 2.17. The quantitative estimate of drug-likeness (QED) is 0.449. The summed E-state index contributed by atoms with van der Waals surface area (Å²) in [7, 11) is 1.22. The fourth-order valence-corrected chi connectivity index (χ4v) is 2.72. The smallest absolute Gasteiger partial charge is 0.311 e. The lowest BCUT2D eigenvalue weighted by atomic mass is 10.3. The van der Waals surface area contributed by atoms with Crippen molar-refractivity contribution in [2.75, 3.05) is 12.4 Å². The molecule has 0 saturated heterocycles. The summed E-state index contributed by atoms with van der Waals surface area (Å²) >= 11 is 0.943. The van der Waals surface area contributed by atoms with Crippen molar-refractivity contribution in [2.24, 2.45) is 0 Å². The third kappa shape index (κ3) is 5.38. The summed E-state index contributed by atoms with van der Waals surface area (Å²) in [5, 5.41) is 1.87. The molecule has 0 saturated carbocycles. The minimum Gasteiger partial charge on any atom is -0.469 e. The number of anilines is 1. The summed E-state index contributed by atoms with van der Waals surface area (Å²) in [6.45, 7) is 1.55. The number of benzene rings is 1. The molecule has 2 rings (SSSR count). The van der Waals surface area contributed by atoms with Gasteiger partial charge < -0.3 is 15.0 Å². The van der Waals surface area contributed by atoms with Crippen molar-refractivity contribution in [3.05, 3.63) is 51.9 Å². The van der Waals surface area contributed by atoms with Crippen molar-refractivity contribution in [1.29, 1.82) is 0 Å². The molecule has 0 aliphatic rings. The number of ether oxygens (including phenoxy) is 1. The lowest BCUT2D eigenvalue weighted by Crippen LogP contribution is -2.23. The van der Waals surface area contributed by atoms with Crippen molar-refractivity contribution >= 4 is 29.3 Å². The number of amides is 1. The summed E-state index contributed by atoms with van der Waals surface area (Å²) in [6, 6.07) is 4.15.